The van der Waals surface area contributed by atoms with Crippen LogP contribution in [0.15, 0.2) is 0 Å². The first kappa shape index (κ1) is 13.8. The molecule has 1 aliphatic rings. The maximum atomic E-state index is 10.1. The third kappa shape index (κ3) is 2.54. The highest BCUT2D eigenvalue weighted by atomic mass is 16.3. The van der Waals surface area contributed by atoms with Crippen LogP contribution < -0.4 is 4.90 Å². The van der Waals surface area contributed by atoms with E-state index in [0.717, 1.165) is 36.9 Å². The molecular weight excluding hydrogens is 240 g/mol. The maximum Gasteiger partial charge on any atom is 0.169 e. The highest BCUT2D eigenvalue weighted by Gasteiger charge is 2.29. The fourth-order valence-electron chi connectivity index (χ4n) is 2.68. The van der Waals surface area contributed by atoms with E-state index in [4.69, 9.17) is 0 Å². The van der Waals surface area contributed by atoms with E-state index in [1.165, 1.54) is 0 Å². The van der Waals surface area contributed by atoms with E-state index >= 15 is 0 Å². The van der Waals surface area contributed by atoms with Crippen molar-refractivity contribution in [2.24, 2.45) is 0 Å². The van der Waals surface area contributed by atoms with Gasteiger partial charge in [-0.25, -0.2) is 0 Å². The summed E-state index contributed by atoms with van der Waals surface area (Å²) in [6.07, 6.45) is 3.56. The number of aliphatic hydroxyl groups is 1. The van der Waals surface area contributed by atoms with Gasteiger partial charge in [-0.15, -0.1) is 5.10 Å². The van der Waals surface area contributed by atoms with E-state index < -0.39 is 0 Å². The second kappa shape index (κ2) is 5.54. The van der Waals surface area contributed by atoms with Gasteiger partial charge in [0.25, 0.3) is 0 Å². The van der Waals surface area contributed by atoms with Gasteiger partial charge in [-0.1, -0.05) is 12.8 Å². The molecule has 0 aromatic carbocycles. The Bertz CT molecular complexity index is 509. The summed E-state index contributed by atoms with van der Waals surface area (Å²) >= 11 is 0. The van der Waals surface area contributed by atoms with Crippen LogP contribution in [0.5, 0.6) is 0 Å². The second-order valence-corrected chi connectivity index (χ2v) is 5.25. The van der Waals surface area contributed by atoms with Gasteiger partial charge in [-0.2, -0.15) is 10.4 Å². The van der Waals surface area contributed by atoms with Gasteiger partial charge in [-0.05, 0) is 32.3 Å². The molecule has 102 valence electrons. The molecule has 1 aromatic heterocycles. The normalized spacial score (nSPS) is 22.9. The molecule has 1 heterocycles. The zero-order chi connectivity index (χ0) is 14.0. The maximum absolute atomic E-state index is 10.1. The summed E-state index contributed by atoms with van der Waals surface area (Å²) in [5.74, 6) is 0.580. The fraction of sp³-hybridized carbons (Fsp3) is 0.643. The van der Waals surface area contributed by atoms with Crippen LogP contribution in [0.3, 0.4) is 0 Å². The molecule has 0 bridgehead atoms. The third-order valence-electron chi connectivity index (χ3n) is 4.07. The minimum Gasteiger partial charge on any atom is -0.391 e. The number of aliphatic hydroxyl groups excluding tert-OH is 1. The van der Waals surface area contributed by atoms with Crippen LogP contribution in [-0.2, 0) is 0 Å². The lowest BCUT2D eigenvalue weighted by Gasteiger charge is -2.36. The minimum atomic E-state index is -0.353. The van der Waals surface area contributed by atoms with Gasteiger partial charge in [0.1, 0.15) is 11.6 Å². The van der Waals surface area contributed by atoms with E-state index in [1.54, 1.807) is 0 Å². The summed E-state index contributed by atoms with van der Waals surface area (Å²) < 4.78 is 0. The van der Waals surface area contributed by atoms with E-state index in [2.05, 4.69) is 16.3 Å². The molecule has 2 unspecified atom stereocenters. The molecule has 0 saturated heterocycles. The van der Waals surface area contributed by atoms with Gasteiger partial charge < -0.3 is 10.0 Å². The quantitative estimate of drug-likeness (QED) is 0.876. The lowest BCUT2D eigenvalue weighted by molar-refractivity contribution is 0.106. The summed E-state index contributed by atoms with van der Waals surface area (Å²) in [5, 5.41) is 27.7. The number of aromatic nitrogens is 2. The van der Waals surface area contributed by atoms with E-state index in [1.807, 2.05) is 25.8 Å². The summed E-state index contributed by atoms with van der Waals surface area (Å²) in [6.45, 7) is 3.74. The van der Waals surface area contributed by atoms with E-state index in [9.17, 15) is 10.4 Å². The summed E-state index contributed by atoms with van der Waals surface area (Å²) in [6, 6.07) is 2.24. The first-order chi connectivity index (χ1) is 9.06. The predicted octanol–water partition coefficient (Wildman–Crippen LogP) is 1.70. The van der Waals surface area contributed by atoms with E-state index in [-0.39, 0.29) is 12.1 Å². The number of aryl methyl sites for hydroxylation is 1. The molecule has 1 fully saturated rings. The van der Waals surface area contributed by atoms with Crippen LogP contribution in [0.2, 0.25) is 0 Å². The van der Waals surface area contributed by atoms with Crippen LogP contribution >= 0.6 is 0 Å². The van der Waals surface area contributed by atoms with Gasteiger partial charge in [-0.3, -0.25) is 0 Å². The van der Waals surface area contributed by atoms with Gasteiger partial charge in [0, 0.05) is 7.05 Å². The number of likely N-dealkylation sites (N-methyl/N-ethyl adjacent to an activating group) is 1. The first-order valence-corrected chi connectivity index (χ1v) is 6.71. The van der Waals surface area contributed by atoms with Crippen molar-refractivity contribution >= 4 is 5.82 Å². The van der Waals surface area contributed by atoms with Crippen molar-refractivity contribution in [3.63, 3.8) is 0 Å². The minimum absolute atomic E-state index is 0.0252. The zero-order valence-corrected chi connectivity index (χ0v) is 11.7. The molecule has 5 heteroatoms. The Morgan fingerprint density at radius 3 is 2.58 bits per heavy atom. The van der Waals surface area contributed by atoms with Crippen LogP contribution in [0.1, 0.15) is 42.5 Å². The lowest BCUT2D eigenvalue weighted by Crippen LogP contribution is -2.44. The molecule has 2 rings (SSSR count). The Hall–Kier alpha value is -1.67. The average molecular weight is 260 g/mol. The number of rotatable bonds is 2. The molecule has 0 radical (unpaired) electrons. The Kier molecular flexibility index (Phi) is 4.01. The number of hydrogen-bond donors (Lipinski definition) is 1. The van der Waals surface area contributed by atoms with Crippen molar-refractivity contribution in [2.75, 3.05) is 11.9 Å². The Morgan fingerprint density at radius 1 is 1.26 bits per heavy atom. The Balaban J connectivity index is 2.36. The first-order valence-electron chi connectivity index (χ1n) is 6.71. The van der Waals surface area contributed by atoms with E-state index in [0.29, 0.717) is 11.4 Å². The van der Waals surface area contributed by atoms with Gasteiger partial charge in [0.2, 0.25) is 0 Å². The molecule has 19 heavy (non-hydrogen) atoms. The Morgan fingerprint density at radius 2 is 1.95 bits per heavy atom. The fourth-order valence-corrected chi connectivity index (χ4v) is 2.68. The van der Waals surface area contributed by atoms with Crippen molar-refractivity contribution in [3.05, 3.63) is 16.8 Å². The van der Waals surface area contributed by atoms with Crippen LogP contribution in [-0.4, -0.2) is 34.5 Å². The van der Waals surface area contributed by atoms with Crippen molar-refractivity contribution in [3.8, 4) is 6.07 Å². The number of nitrogens with zero attached hydrogens (tertiary/aromatic N) is 4. The van der Waals surface area contributed by atoms with Crippen molar-refractivity contribution < 1.29 is 5.11 Å². The summed E-state index contributed by atoms with van der Waals surface area (Å²) in [7, 11) is 1.89. The van der Waals surface area contributed by atoms with Crippen molar-refractivity contribution in [1.82, 2.24) is 10.2 Å². The van der Waals surface area contributed by atoms with Crippen molar-refractivity contribution in [1.29, 1.82) is 5.26 Å². The molecular formula is C14H20N4O. The SMILES string of the molecule is Cc1nnc(N(C)C2CCCCC2O)c(C#N)c1C. The zero-order valence-electron chi connectivity index (χ0n) is 11.7. The monoisotopic (exact) mass is 260 g/mol. The van der Waals surface area contributed by atoms with Gasteiger partial charge >= 0.3 is 0 Å². The number of nitriles is 1. The molecule has 0 aliphatic heterocycles. The van der Waals surface area contributed by atoms with Crippen LogP contribution in [0, 0.1) is 25.2 Å². The molecule has 1 saturated carbocycles. The summed E-state index contributed by atoms with van der Waals surface area (Å²) in [4.78, 5) is 1.92. The molecule has 1 N–H and O–H groups in total. The third-order valence-corrected chi connectivity index (χ3v) is 4.07. The number of hydrogen-bond acceptors (Lipinski definition) is 5. The highest BCUT2D eigenvalue weighted by Crippen LogP contribution is 2.28. The molecule has 0 spiro atoms. The highest BCUT2D eigenvalue weighted by molar-refractivity contribution is 5.57. The Labute approximate surface area is 113 Å². The van der Waals surface area contributed by atoms with Gasteiger partial charge in [0.15, 0.2) is 5.82 Å². The average Bonchev–Trinajstić information content (AvgIpc) is 2.41. The smallest absolute Gasteiger partial charge is 0.169 e. The second-order valence-electron chi connectivity index (χ2n) is 5.25. The lowest BCUT2D eigenvalue weighted by atomic mass is 9.91. The van der Waals surface area contributed by atoms with Gasteiger partial charge in [0.05, 0.1) is 17.8 Å². The summed E-state index contributed by atoms with van der Waals surface area (Å²) in [5.41, 5.74) is 2.20. The van der Waals surface area contributed by atoms with Crippen LogP contribution in [0.25, 0.3) is 0 Å². The molecule has 2 atom stereocenters. The molecule has 1 aromatic rings. The predicted molar refractivity (Wildman–Crippen MR) is 72.9 cm³/mol. The molecule has 0 amide bonds. The van der Waals surface area contributed by atoms with Crippen LogP contribution in [0.4, 0.5) is 5.82 Å². The standard InChI is InChI=1S/C14H20N4O/c1-9-10(2)16-17-14(11(9)8-15)18(3)12-6-4-5-7-13(12)19/h12-13,19H,4-7H2,1-3H3. The molecule has 1 aliphatic carbocycles. The topological polar surface area (TPSA) is 73.0 Å². The van der Waals surface area contributed by atoms with Crippen molar-refractivity contribution in [2.45, 2.75) is 51.7 Å². The molecule has 5 nitrogen and oxygen atoms in total. The largest absolute Gasteiger partial charge is 0.391 e. The number of anilines is 1.